The molecule has 0 aliphatic heterocycles. The van der Waals surface area contributed by atoms with Gasteiger partial charge in [-0.1, -0.05) is 13.8 Å². The Hall–Kier alpha value is -0.200. The summed E-state index contributed by atoms with van der Waals surface area (Å²) in [5.74, 6) is 0.383. The van der Waals surface area contributed by atoms with Crippen LogP contribution in [0.5, 0.6) is 0 Å². The van der Waals surface area contributed by atoms with Crippen LogP contribution in [0.2, 0.25) is 0 Å². The van der Waals surface area contributed by atoms with Crippen LogP contribution in [-0.2, 0) is 14.2 Å². The smallest absolute Gasteiger partial charge is 0.0661 e. The van der Waals surface area contributed by atoms with E-state index < -0.39 is 0 Å². The molecule has 5 heteroatoms. The lowest BCUT2D eigenvalue weighted by molar-refractivity contribution is -0.0609. The van der Waals surface area contributed by atoms with Crippen LogP contribution in [0, 0.1) is 5.92 Å². The molecule has 0 aromatic heterocycles. The molecule has 0 aromatic rings. The van der Waals surface area contributed by atoms with Crippen LogP contribution in [0.15, 0.2) is 0 Å². The van der Waals surface area contributed by atoms with Gasteiger partial charge in [0.2, 0.25) is 0 Å². The van der Waals surface area contributed by atoms with Crippen molar-refractivity contribution in [3.63, 3.8) is 0 Å². The van der Waals surface area contributed by atoms with Gasteiger partial charge in [0.15, 0.2) is 0 Å². The molecule has 0 aliphatic carbocycles. The molecule has 116 valence electrons. The van der Waals surface area contributed by atoms with Crippen LogP contribution in [0.25, 0.3) is 0 Å². The predicted molar refractivity (Wildman–Crippen MR) is 78.4 cm³/mol. The van der Waals surface area contributed by atoms with Gasteiger partial charge in [0.1, 0.15) is 0 Å². The Balaban J connectivity index is 5.19. The highest BCUT2D eigenvalue weighted by atomic mass is 16.5. The first-order valence-corrected chi connectivity index (χ1v) is 6.93. The van der Waals surface area contributed by atoms with Crippen molar-refractivity contribution in [1.29, 1.82) is 0 Å². The average Bonchev–Trinajstić information content (AvgIpc) is 2.37. The molecule has 2 unspecified atom stereocenters. The summed E-state index contributed by atoms with van der Waals surface area (Å²) >= 11 is 0. The monoisotopic (exact) mass is 276 g/mol. The van der Waals surface area contributed by atoms with Gasteiger partial charge in [0, 0.05) is 40.5 Å². The first-order chi connectivity index (χ1) is 8.99. The standard InChI is InChI=1S/C14H32N2O3/c1-12(2)14(10-15,11-19-6)16(7-8-17-4)13(3)9-18-5/h12-13H,7-11,15H2,1-6H3. The highest BCUT2D eigenvalue weighted by Crippen LogP contribution is 2.27. The van der Waals surface area contributed by atoms with Crippen molar-refractivity contribution in [2.45, 2.75) is 32.4 Å². The van der Waals surface area contributed by atoms with Gasteiger partial charge in [0.25, 0.3) is 0 Å². The van der Waals surface area contributed by atoms with Crippen molar-refractivity contribution >= 4 is 0 Å². The quantitative estimate of drug-likeness (QED) is 0.609. The molecule has 0 saturated heterocycles. The molecule has 0 bridgehead atoms. The molecule has 0 fully saturated rings. The summed E-state index contributed by atoms with van der Waals surface area (Å²) in [5, 5.41) is 0. The fourth-order valence-corrected chi connectivity index (χ4v) is 2.65. The Kier molecular flexibility index (Phi) is 9.56. The number of hydrogen-bond acceptors (Lipinski definition) is 5. The van der Waals surface area contributed by atoms with E-state index in [9.17, 15) is 0 Å². The van der Waals surface area contributed by atoms with Crippen LogP contribution in [-0.4, -0.2) is 70.7 Å². The van der Waals surface area contributed by atoms with E-state index in [-0.39, 0.29) is 11.6 Å². The van der Waals surface area contributed by atoms with Crippen molar-refractivity contribution in [1.82, 2.24) is 4.90 Å². The average molecular weight is 276 g/mol. The normalized spacial score (nSPS) is 16.9. The lowest BCUT2D eigenvalue weighted by atomic mass is 9.84. The fraction of sp³-hybridized carbons (Fsp3) is 1.00. The zero-order valence-electron chi connectivity index (χ0n) is 13.4. The predicted octanol–water partition coefficient (Wildman–Crippen LogP) is 0.970. The number of methoxy groups -OCH3 is 3. The highest BCUT2D eigenvalue weighted by molar-refractivity contribution is 4.96. The minimum atomic E-state index is -0.189. The Morgan fingerprint density at radius 1 is 1.05 bits per heavy atom. The Labute approximate surface area is 118 Å². The summed E-state index contributed by atoms with van der Waals surface area (Å²) < 4.78 is 16.0. The lowest BCUT2D eigenvalue weighted by Crippen LogP contribution is -2.64. The van der Waals surface area contributed by atoms with Gasteiger partial charge >= 0.3 is 0 Å². The van der Waals surface area contributed by atoms with E-state index >= 15 is 0 Å². The molecule has 0 rings (SSSR count). The van der Waals surface area contributed by atoms with Gasteiger partial charge in [-0.25, -0.2) is 0 Å². The van der Waals surface area contributed by atoms with E-state index in [1.54, 1.807) is 21.3 Å². The first kappa shape index (κ1) is 18.8. The van der Waals surface area contributed by atoms with E-state index in [2.05, 4.69) is 25.7 Å². The number of nitrogens with zero attached hydrogens (tertiary/aromatic N) is 1. The van der Waals surface area contributed by atoms with Crippen LogP contribution < -0.4 is 5.73 Å². The maximum absolute atomic E-state index is 6.10. The third-order valence-electron chi connectivity index (χ3n) is 3.87. The first-order valence-electron chi connectivity index (χ1n) is 6.93. The lowest BCUT2D eigenvalue weighted by Gasteiger charge is -2.48. The maximum Gasteiger partial charge on any atom is 0.0661 e. The van der Waals surface area contributed by atoms with Gasteiger partial charge in [0.05, 0.1) is 25.4 Å². The van der Waals surface area contributed by atoms with Crippen molar-refractivity contribution in [2.24, 2.45) is 11.7 Å². The van der Waals surface area contributed by atoms with Crippen LogP contribution in [0.3, 0.4) is 0 Å². The third-order valence-corrected chi connectivity index (χ3v) is 3.87. The maximum atomic E-state index is 6.10. The molecular formula is C14H32N2O3. The Morgan fingerprint density at radius 2 is 1.68 bits per heavy atom. The van der Waals surface area contributed by atoms with Crippen molar-refractivity contribution in [3.8, 4) is 0 Å². The third kappa shape index (κ3) is 5.00. The van der Waals surface area contributed by atoms with E-state index in [0.717, 1.165) is 6.54 Å². The summed E-state index contributed by atoms with van der Waals surface area (Å²) in [6.45, 7) is 9.85. The van der Waals surface area contributed by atoms with E-state index in [0.29, 0.717) is 32.3 Å². The second kappa shape index (κ2) is 9.66. The van der Waals surface area contributed by atoms with Crippen LogP contribution in [0.1, 0.15) is 20.8 Å². The Bertz CT molecular complexity index is 227. The zero-order chi connectivity index (χ0) is 14.9. The van der Waals surface area contributed by atoms with Crippen molar-refractivity contribution in [2.75, 3.05) is 54.2 Å². The largest absolute Gasteiger partial charge is 0.383 e. The second-order valence-electron chi connectivity index (χ2n) is 5.39. The van der Waals surface area contributed by atoms with Gasteiger partial charge in [-0.3, -0.25) is 4.90 Å². The van der Waals surface area contributed by atoms with Gasteiger partial charge in [-0.05, 0) is 12.8 Å². The minimum absolute atomic E-state index is 0.189. The minimum Gasteiger partial charge on any atom is -0.383 e. The van der Waals surface area contributed by atoms with Crippen LogP contribution >= 0.6 is 0 Å². The summed E-state index contributed by atoms with van der Waals surface area (Å²) in [6.07, 6.45) is 0. The molecule has 2 atom stereocenters. The molecule has 0 radical (unpaired) electrons. The molecule has 19 heavy (non-hydrogen) atoms. The van der Waals surface area contributed by atoms with Crippen LogP contribution in [0.4, 0.5) is 0 Å². The number of hydrogen-bond donors (Lipinski definition) is 1. The molecule has 0 heterocycles. The molecule has 0 aromatic carbocycles. The molecule has 2 N–H and O–H groups in total. The zero-order valence-corrected chi connectivity index (χ0v) is 13.4. The summed E-state index contributed by atoms with van der Waals surface area (Å²) in [4.78, 5) is 2.37. The molecule has 0 aliphatic rings. The summed E-state index contributed by atoms with van der Waals surface area (Å²) in [6, 6.07) is 0.265. The second-order valence-corrected chi connectivity index (χ2v) is 5.39. The fourth-order valence-electron chi connectivity index (χ4n) is 2.65. The van der Waals surface area contributed by atoms with Gasteiger partial charge in [-0.2, -0.15) is 0 Å². The molecule has 0 amide bonds. The van der Waals surface area contributed by atoms with Crippen molar-refractivity contribution < 1.29 is 14.2 Å². The number of nitrogens with two attached hydrogens (primary N) is 1. The molecular weight excluding hydrogens is 244 g/mol. The van der Waals surface area contributed by atoms with E-state index in [1.165, 1.54) is 0 Å². The van der Waals surface area contributed by atoms with Gasteiger partial charge in [-0.15, -0.1) is 0 Å². The Morgan fingerprint density at radius 3 is 2.05 bits per heavy atom. The topological polar surface area (TPSA) is 57.0 Å². The SMILES string of the molecule is COCCN(C(C)COC)C(CN)(COC)C(C)C. The van der Waals surface area contributed by atoms with E-state index in [1.807, 2.05) is 0 Å². The number of rotatable bonds is 11. The molecule has 0 saturated carbocycles. The molecule has 5 nitrogen and oxygen atoms in total. The van der Waals surface area contributed by atoms with Crippen molar-refractivity contribution in [3.05, 3.63) is 0 Å². The van der Waals surface area contributed by atoms with E-state index in [4.69, 9.17) is 19.9 Å². The number of ether oxygens (including phenoxy) is 3. The van der Waals surface area contributed by atoms with Gasteiger partial charge < -0.3 is 19.9 Å². The summed E-state index contributed by atoms with van der Waals surface area (Å²) in [5.41, 5.74) is 5.91. The molecule has 0 spiro atoms. The highest BCUT2D eigenvalue weighted by Gasteiger charge is 2.40. The summed E-state index contributed by atoms with van der Waals surface area (Å²) in [7, 11) is 5.16.